The number of hydrogen-bond donors (Lipinski definition) is 0. The Morgan fingerprint density at radius 1 is 1.03 bits per heavy atom. The Morgan fingerprint density at radius 2 is 1.79 bits per heavy atom. The van der Waals surface area contributed by atoms with E-state index in [4.69, 9.17) is 9.47 Å². The van der Waals surface area contributed by atoms with E-state index in [2.05, 4.69) is 20.8 Å². The minimum absolute atomic E-state index is 0.00954. The molecule has 0 aromatic carbocycles. The SMILES string of the molecule is CC(=O)OCCCCC1CC(OC(C)=O)[C@@]2(C)CC[C@@H]3[C@@H](CCC4CC(=O)CC(C)[C@@]43C)[C@H]12. The van der Waals surface area contributed by atoms with Gasteiger partial charge in [0.05, 0.1) is 6.61 Å². The number of ether oxygens (including phenoxy) is 2. The van der Waals surface area contributed by atoms with Crippen molar-refractivity contribution in [2.24, 2.45) is 46.3 Å². The molecule has 0 N–H and O–H groups in total. The van der Waals surface area contributed by atoms with Crippen LogP contribution in [0.25, 0.3) is 0 Å². The summed E-state index contributed by atoms with van der Waals surface area (Å²) in [5.41, 5.74) is 0.294. The lowest BCUT2D eigenvalue weighted by atomic mass is 9.42. The molecule has 0 amide bonds. The van der Waals surface area contributed by atoms with Crippen molar-refractivity contribution >= 4 is 17.7 Å². The number of esters is 2. The first-order valence-electron chi connectivity index (χ1n) is 13.4. The van der Waals surface area contributed by atoms with Gasteiger partial charge in [0.1, 0.15) is 11.9 Å². The fraction of sp³-hybridized carbons (Fsp3) is 0.893. The zero-order chi connectivity index (χ0) is 24.0. The lowest BCUT2D eigenvalue weighted by Crippen LogP contribution is -2.57. The molecule has 0 aromatic heterocycles. The third kappa shape index (κ3) is 4.38. The first-order chi connectivity index (χ1) is 15.6. The summed E-state index contributed by atoms with van der Waals surface area (Å²) in [6, 6.07) is 0. The fourth-order valence-corrected chi connectivity index (χ4v) is 9.12. The third-order valence-corrected chi connectivity index (χ3v) is 10.7. The van der Waals surface area contributed by atoms with Crippen molar-refractivity contribution in [1.82, 2.24) is 0 Å². The van der Waals surface area contributed by atoms with E-state index < -0.39 is 0 Å². The van der Waals surface area contributed by atoms with Crippen molar-refractivity contribution in [2.75, 3.05) is 6.61 Å². The highest BCUT2D eigenvalue weighted by Crippen LogP contribution is 2.68. The van der Waals surface area contributed by atoms with Crippen LogP contribution in [-0.4, -0.2) is 30.4 Å². The van der Waals surface area contributed by atoms with Crippen LogP contribution in [-0.2, 0) is 23.9 Å². The summed E-state index contributed by atoms with van der Waals surface area (Å²) < 4.78 is 11.1. The number of fused-ring (bicyclic) bond motifs is 5. The second-order valence-electron chi connectivity index (χ2n) is 12.3. The second-order valence-corrected chi connectivity index (χ2v) is 12.3. The van der Waals surface area contributed by atoms with Gasteiger partial charge >= 0.3 is 11.9 Å². The van der Waals surface area contributed by atoms with Gasteiger partial charge in [-0.25, -0.2) is 0 Å². The lowest BCUT2D eigenvalue weighted by Gasteiger charge is -2.62. The predicted molar refractivity (Wildman–Crippen MR) is 126 cm³/mol. The van der Waals surface area contributed by atoms with E-state index in [0.717, 1.165) is 51.4 Å². The quantitative estimate of drug-likeness (QED) is 0.374. The van der Waals surface area contributed by atoms with Crippen LogP contribution in [0.5, 0.6) is 0 Å². The Bertz CT molecular complexity index is 776. The zero-order valence-corrected chi connectivity index (χ0v) is 21.4. The smallest absolute Gasteiger partial charge is 0.302 e. The van der Waals surface area contributed by atoms with Gasteiger partial charge in [-0.1, -0.05) is 20.8 Å². The highest BCUT2D eigenvalue weighted by atomic mass is 16.5. The van der Waals surface area contributed by atoms with Crippen LogP contribution in [0.2, 0.25) is 0 Å². The third-order valence-electron chi connectivity index (χ3n) is 10.7. The van der Waals surface area contributed by atoms with Gasteiger partial charge < -0.3 is 9.47 Å². The van der Waals surface area contributed by atoms with Crippen LogP contribution in [0.3, 0.4) is 0 Å². The van der Waals surface area contributed by atoms with E-state index in [-0.39, 0.29) is 28.9 Å². The molecule has 0 bridgehead atoms. The highest BCUT2D eigenvalue weighted by Gasteiger charge is 2.64. The van der Waals surface area contributed by atoms with Crippen LogP contribution >= 0.6 is 0 Å². The van der Waals surface area contributed by atoms with E-state index >= 15 is 0 Å². The number of carbonyl (C=O) groups excluding carboxylic acids is 3. The average Bonchev–Trinajstić information content (AvgIpc) is 3.00. The number of hydrogen-bond acceptors (Lipinski definition) is 5. The first kappa shape index (κ1) is 24.7. The highest BCUT2D eigenvalue weighted by molar-refractivity contribution is 5.80. The van der Waals surface area contributed by atoms with Crippen molar-refractivity contribution in [1.29, 1.82) is 0 Å². The minimum atomic E-state index is -0.210. The van der Waals surface area contributed by atoms with Crippen molar-refractivity contribution in [3.05, 3.63) is 0 Å². The molecule has 4 aliphatic carbocycles. The molecular formula is C28H44O5. The molecule has 33 heavy (non-hydrogen) atoms. The van der Waals surface area contributed by atoms with Crippen LogP contribution in [0, 0.1) is 46.3 Å². The molecule has 9 atom stereocenters. The van der Waals surface area contributed by atoms with Crippen molar-refractivity contribution < 1.29 is 23.9 Å². The molecule has 4 aliphatic rings. The standard InChI is InChI=1S/C28H44O5/c1-17-14-22(31)16-21-9-10-23-24(28(17,21)5)11-12-27(4)25(33-19(3)30)15-20(26(23)27)8-6-7-13-32-18(2)29/h17,20-21,23-26H,6-16H2,1-5H3/t17?,20?,21?,23-,24-,25?,26+,27-,28+/m1/s1. The number of Topliss-reactive ketones (excluding diaryl/α,β-unsaturated/α-hetero) is 1. The molecule has 186 valence electrons. The molecule has 0 spiro atoms. The lowest BCUT2D eigenvalue weighted by molar-refractivity contribution is -0.169. The molecule has 0 aliphatic heterocycles. The van der Waals surface area contributed by atoms with Gasteiger partial charge in [-0.3, -0.25) is 14.4 Å². The van der Waals surface area contributed by atoms with Gasteiger partial charge in [-0.05, 0) is 92.3 Å². The predicted octanol–water partition coefficient (Wildman–Crippen LogP) is 5.74. The van der Waals surface area contributed by atoms with E-state index in [1.807, 2.05) is 0 Å². The normalized spacial score (nSPS) is 44.4. The minimum Gasteiger partial charge on any atom is -0.466 e. The zero-order valence-electron chi connectivity index (χ0n) is 21.4. The molecule has 5 nitrogen and oxygen atoms in total. The summed E-state index contributed by atoms with van der Waals surface area (Å²) in [6.07, 6.45) is 10.2. The van der Waals surface area contributed by atoms with E-state index in [1.54, 1.807) is 6.92 Å². The largest absolute Gasteiger partial charge is 0.466 e. The maximum absolute atomic E-state index is 12.4. The summed E-state index contributed by atoms with van der Waals surface area (Å²) >= 11 is 0. The van der Waals surface area contributed by atoms with Gasteiger partial charge in [-0.2, -0.15) is 0 Å². The maximum Gasteiger partial charge on any atom is 0.302 e. The Kier molecular flexibility index (Phi) is 7.00. The topological polar surface area (TPSA) is 69.7 Å². The number of ketones is 1. The summed E-state index contributed by atoms with van der Waals surface area (Å²) in [6.45, 7) is 10.7. The van der Waals surface area contributed by atoms with Crippen molar-refractivity contribution in [3.63, 3.8) is 0 Å². The van der Waals surface area contributed by atoms with E-state index in [9.17, 15) is 14.4 Å². The van der Waals surface area contributed by atoms with Gasteiger partial charge in [0.2, 0.25) is 0 Å². The molecule has 4 unspecified atom stereocenters. The Hall–Kier alpha value is -1.39. The Labute approximate surface area is 199 Å². The van der Waals surface area contributed by atoms with Gasteiger partial charge in [-0.15, -0.1) is 0 Å². The first-order valence-corrected chi connectivity index (χ1v) is 13.4. The molecule has 4 saturated carbocycles. The van der Waals surface area contributed by atoms with E-state index in [1.165, 1.54) is 19.8 Å². The average molecular weight is 461 g/mol. The molecule has 0 saturated heterocycles. The summed E-state index contributed by atoms with van der Waals surface area (Å²) in [4.78, 5) is 35.5. The van der Waals surface area contributed by atoms with Crippen LogP contribution < -0.4 is 0 Å². The molecule has 4 fully saturated rings. The summed E-state index contributed by atoms with van der Waals surface area (Å²) in [5.74, 6) is 3.51. The van der Waals surface area contributed by atoms with Gasteiger partial charge in [0.25, 0.3) is 0 Å². The van der Waals surface area contributed by atoms with Crippen LogP contribution in [0.15, 0.2) is 0 Å². The van der Waals surface area contributed by atoms with Crippen molar-refractivity contribution in [2.45, 2.75) is 105 Å². The van der Waals surface area contributed by atoms with E-state index in [0.29, 0.717) is 47.9 Å². The number of carbonyl (C=O) groups is 3. The monoisotopic (exact) mass is 460 g/mol. The van der Waals surface area contributed by atoms with Gasteiger partial charge in [0, 0.05) is 32.1 Å². The second kappa shape index (κ2) is 9.34. The fourth-order valence-electron chi connectivity index (χ4n) is 9.12. The molecule has 0 heterocycles. The molecule has 4 rings (SSSR count). The molecule has 0 radical (unpaired) electrons. The number of rotatable bonds is 6. The maximum atomic E-state index is 12.4. The molecule has 0 aromatic rings. The summed E-state index contributed by atoms with van der Waals surface area (Å²) in [7, 11) is 0. The Balaban J connectivity index is 1.56. The van der Waals surface area contributed by atoms with Crippen molar-refractivity contribution in [3.8, 4) is 0 Å². The van der Waals surface area contributed by atoms with Crippen LogP contribution in [0.1, 0.15) is 98.8 Å². The van der Waals surface area contributed by atoms with Gasteiger partial charge in [0.15, 0.2) is 0 Å². The number of unbranched alkanes of at least 4 members (excludes halogenated alkanes) is 1. The Morgan fingerprint density at radius 3 is 2.48 bits per heavy atom. The summed E-state index contributed by atoms with van der Waals surface area (Å²) in [5, 5.41) is 0. The molecular weight excluding hydrogens is 416 g/mol. The molecule has 5 heteroatoms. The van der Waals surface area contributed by atoms with Crippen LogP contribution in [0.4, 0.5) is 0 Å².